The number of ether oxygens (including phenoxy) is 2. The number of hydrogen-bond acceptors (Lipinski definition) is 5. The molecular weight excluding hydrogens is 428 g/mol. The van der Waals surface area contributed by atoms with Crippen LogP contribution in [-0.2, 0) is 14.8 Å². The Morgan fingerprint density at radius 3 is 2.13 bits per heavy atom. The fourth-order valence-electron chi connectivity index (χ4n) is 2.53. The van der Waals surface area contributed by atoms with E-state index in [9.17, 15) is 13.2 Å². The molecule has 0 spiro atoms. The van der Waals surface area contributed by atoms with E-state index >= 15 is 0 Å². The molecule has 0 saturated heterocycles. The lowest BCUT2D eigenvalue weighted by molar-refractivity contribution is -0.118. The highest BCUT2D eigenvalue weighted by Gasteiger charge is 2.14. The molecule has 0 atom stereocenters. The first-order valence-electron chi connectivity index (χ1n) is 8.81. The van der Waals surface area contributed by atoms with Crippen molar-refractivity contribution < 1.29 is 22.7 Å². The molecule has 0 saturated carbocycles. The zero-order valence-electron chi connectivity index (χ0n) is 16.0. The summed E-state index contributed by atoms with van der Waals surface area (Å²) in [4.78, 5) is 12.2. The van der Waals surface area contributed by atoms with Gasteiger partial charge in [-0.05, 0) is 60.7 Å². The number of methoxy groups -OCH3 is 1. The number of halogens is 1. The van der Waals surface area contributed by atoms with Crippen LogP contribution < -0.4 is 19.5 Å². The fraction of sp³-hybridized carbons (Fsp3) is 0.0952. The maximum absolute atomic E-state index is 12.5. The topological polar surface area (TPSA) is 93.7 Å². The minimum absolute atomic E-state index is 0.0562. The maximum atomic E-state index is 12.5. The predicted octanol–water partition coefficient (Wildman–Crippen LogP) is 4.17. The molecule has 0 aromatic heterocycles. The Hall–Kier alpha value is -3.23. The Kier molecular flexibility index (Phi) is 6.81. The number of carbonyl (C=O) groups excluding carboxylic acids is 1. The van der Waals surface area contributed by atoms with Crippen LogP contribution in [0.3, 0.4) is 0 Å². The van der Waals surface area contributed by atoms with Gasteiger partial charge in [-0.25, -0.2) is 8.42 Å². The van der Waals surface area contributed by atoms with E-state index in [1.165, 1.54) is 31.4 Å². The van der Waals surface area contributed by atoms with Crippen LogP contribution in [0.5, 0.6) is 11.5 Å². The highest BCUT2D eigenvalue weighted by atomic mass is 35.5. The molecule has 3 aromatic carbocycles. The van der Waals surface area contributed by atoms with Gasteiger partial charge in [0.25, 0.3) is 15.9 Å². The van der Waals surface area contributed by atoms with Crippen molar-refractivity contribution >= 4 is 38.9 Å². The zero-order valence-corrected chi connectivity index (χ0v) is 17.5. The van der Waals surface area contributed by atoms with E-state index in [1.807, 2.05) is 0 Å². The van der Waals surface area contributed by atoms with E-state index in [0.717, 1.165) is 0 Å². The van der Waals surface area contributed by atoms with Gasteiger partial charge in [-0.2, -0.15) is 0 Å². The Balaban J connectivity index is 1.59. The molecule has 3 rings (SSSR count). The summed E-state index contributed by atoms with van der Waals surface area (Å²) in [5.74, 6) is 0.578. The van der Waals surface area contributed by atoms with Gasteiger partial charge in [-0.15, -0.1) is 0 Å². The van der Waals surface area contributed by atoms with Crippen LogP contribution in [-0.4, -0.2) is 28.0 Å². The molecule has 156 valence electrons. The molecule has 30 heavy (non-hydrogen) atoms. The van der Waals surface area contributed by atoms with E-state index < -0.39 is 15.9 Å². The third kappa shape index (κ3) is 5.65. The number of nitrogens with one attached hydrogen (secondary N) is 2. The van der Waals surface area contributed by atoms with Crippen molar-refractivity contribution in [2.24, 2.45) is 0 Å². The summed E-state index contributed by atoms with van der Waals surface area (Å²) in [6, 6.07) is 19.1. The van der Waals surface area contributed by atoms with Crippen molar-refractivity contribution in [3.05, 3.63) is 77.8 Å². The smallest absolute Gasteiger partial charge is 0.262 e. The molecule has 0 radical (unpaired) electrons. The third-order valence-corrected chi connectivity index (χ3v) is 5.62. The minimum Gasteiger partial charge on any atom is -0.493 e. The van der Waals surface area contributed by atoms with Gasteiger partial charge < -0.3 is 14.8 Å². The molecule has 0 aliphatic rings. The highest BCUT2D eigenvalue weighted by molar-refractivity contribution is 7.92. The number of hydrogen-bond donors (Lipinski definition) is 2. The van der Waals surface area contributed by atoms with Gasteiger partial charge in [-0.1, -0.05) is 23.7 Å². The highest BCUT2D eigenvalue weighted by Crippen LogP contribution is 2.25. The second-order valence-corrected chi connectivity index (χ2v) is 8.24. The lowest BCUT2D eigenvalue weighted by Gasteiger charge is -2.11. The number of anilines is 2. The van der Waals surface area contributed by atoms with E-state index in [1.54, 1.807) is 48.5 Å². The molecule has 1 amide bonds. The molecule has 0 aliphatic heterocycles. The van der Waals surface area contributed by atoms with E-state index in [4.69, 9.17) is 21.1 Å². The predicted molar refractivity (Wildman–Crippen MR) is 116 cm³/mol. The second-order valence-electron chi connectivity index (χ2n) is 6.12. The molecule has 0 bridgehead atoms. The zero-order chi connectivity index (χ0) is 21.6. The number of carbonyl (C=O) groups is 1. The summed E-state index contributed by atoms with van der Waals surface area (Å²) in [5.41, 5.74) is 0.833. The Labute approximate surface area is 179 Å². The number of rotatable bonds is 8. The quantitative estimate of drug-likeness (QED) is 0.541. The minimum atomic E-state index is -3.77. The van der Waals surface area contributed by atoms with E-state index in [2.05, 4.69) is 10.0 Å². The standard InChI is InChI=1S/C21H19ClN2O5S/c1-28-19-4-2-3-5-20(19)29-14-21(25)23-16-10-12-18(13-11-16)30(26,27)24-17-8-6-15(22)7-9-17/h2-13,24H,14H2,1H3,(H,23,25). The first-order chi connectivity index (χ1) is 14.4. The largest absolute Gasteiger partial charge is 0.493 e. The van der Waals surface area contributed by atoms with E-state index in [-0.39, 0.29) is 11.5 Å². The summed E-state index contributed by atoms with van der Waals surface area (Å²) in [7, 11) is -2.26. The molecule has 7 nitrogen and oxygen atoms in total. The van der Waals surface area contributed by atoms with Gasteiger partial charge in [0.15, 0.2) is 18.1 Å². The van der Waals surface area contributed by atoms with Crippen molar-refractivity contribution in [2.45, 2.75) is 4.90 Å². The van der Waals surface area contributed by atoms with Crippen molar-refractivity contribution in [3.63, 3.8) is 0 Å². The number of sulfonamides is 1. The van der Waals surface area contributed by atoms with Crippen molar-refractivity contribution in [2.75, 3.05) is 23.8 Å². The van der Waals surface area contributed by atoms with Crippen molar-refractivity contribution in [3.8, 4) is 11.5 Å². The summed E-state index contributed by atoms with van der Waals surface area (Å²) >= 11 is 5.80. The van der Waals surface area contributed by atoms with Crippen LogP contribution in [0.1, 0.15) is 0 Å². The first-order valence-corrected chi connectivity index (χ1v) is 10.7. The fourth-order valence-corrected chi connectivity index (χ4v) is 3.71. The normalized spacial score (nSPS) is 10.9. The molecular formula is C21H19ClN2O5S. The Morgan fingerprint density at radius 2 is 1.50 bits per heavy atom. The van der Waals surface area contributed by atoms with Gasteiger partial charge in [0.05, 0.1) is 12.0 Å². The van der Waals surface area contributed by atoms with Crippen molar-refractivity contribution in [1.29, 1.82) is 0 Å². The summed E-state index contributed by atoms with van der Waals surface area (Å²) in [5, 5.41) is 3.16. The monoisotopic (exact) mass is 446 g/mol. The van der Waals surface area contributed by atoms with Crippen molar-refractivity contribution in [1.82, 2.24) is 0 Å². The Bertz CT molecular complexity index is 1120. The van der Waals surface area contributed by atoms with Crippen LogP contribution in [0.2, 0.25) is 5.02 Å². The Morgan fingerprint density at radius 1 is 0.900 bits per heavy atom. The molecule has 0 aliphatic carbocycles. The van der Waals surface area contributed by atoms with Crippen LogP contribution in [0.15, 0.2) is 77.7 Å². The lowest BCUT2D eigenvalue weighted by Crippen LogP contribution is -2.20. The molecule has 0 unspecified atom stereocenters. The molecule has 9 heteroatoms. The average molecular weight is 447 g/mol. The van der Waals surface area contributed by atoms with Gasteiger partial charge in [0, 0.05) is 16.4 Å². The van der Waals surface area contributed by atoms with Gasteiger partial charge in [0.1, 0.15) is 0 Å². The SMILES string of the molecule is COc1ccccc1OCC(=O)Nc1ccc(S(=O)(=O)Nc2ccc(Cl)cc2)cc1. The summed E-state index contributed by atoms with van der Waals surface area (Å²) < 4.78 is 38.0. The van der Waals surface area contributed by atoms with Gasteiger partial charge in [0.2, 0.25) is 0 Å². The lowest BCUT2D eigenvalue weighted by atomic mass is 10.3. The molecule has 3 aromatic rings. The number of amides is 1. The third-order valence-electron chi connectivity index (χ3n) is 3.97. The average Bonchev–Trinajstić information content (AvgIpc) is 2.74. The summed E-state index contributed by atoms with van der Waals surface area (Å²) in [6.45, 7) is -0.224. The molecule has 2 N–H and O–H groups in total. The number of para-hydroxylation sites is 2. The first kappa shape index (κ1) is 21.5. The van der Waals surface area contributed by atoms with Crippen LogP contribution in [0.4, 0.5) is 11.4 Å². The van der Waals surface area contributed by atoms with Crippen LogP contribution in [0.25, 0.3) is 0 Å². The molecule has 0 heterocycles. The second kappa shape index (κ2) is 9.51. The van der Waals surface area contributed by atoms with Gasteiger partial charge in [-0.3, -0.25) is 9.52 Å². The van der Waals surface area contributed by atoms with E-state index in [0.29, 0.717) is 27.9 Å². The van der Waals surface area contributed by atoms with Gasteiger partial charge >= 0.3 is 0 Å². The molecule has 0 fully saturated rings. The summed E-state index contributed by atoms with van der Waals surface area (Å²) in [6.07, 6.45) is 0. The number of benzene rings is 3. The maximum Gasteiger partial charge on any atom is 0.262 e. The van der Waals surface area contributed by atoms with Crippen LogP contribution in [0, 0.1) is 0 Å². The van der Waals surface area contributed by atoms with Crippen LogP contribution >= 0.6 is 11.6 Å².